The molecule has 3 heterocycles. The van der Waals surface area contributed by atoms with Gasteiger partial charge in [0.25, 0.3) is 0 Å². The number of phenolic OH excluding ortho intramolecular Hbond substituents is 1. The van der Waals surface area contributed by atoms with Gasteiger partial charge in [0.2, 0.25) is 5.43 Å². The van der Waals surface area contributed by atoms with Gasteiger partial charge in [-0.25, -0.2) is 9.18 Å². The minimum absolute atomic E-state index is 0.0977. The summed E-state index contributed by atoms with van der Waals surface area (Å²) in [5.41, 5.74) is 1.04. The molecule has 2 saturated heterocycles. The molecule has 0 saturated carbocycles. The highest BCUT2D eigenvalue weighted by Crippen LogP contribution is 2.39. The van der Waals surface area contributed by atoms with Crippen molar-refractivity contribution in [1.82, 2.24) is 14.4 Å². The van der Waals surface area contributed by atoms with Crippen molar-refractivity contribution in [2.45, 2.75) is 25.8 Å². The Labute approximate surface area is 190 Å². The molecular weight excluding hydrogens is 425 g/mol. The van der Waals surface area contributed by atoms with Crippen LogP contribution in [0.1, 0.15) is 30.1 Å². The SMILES string of the molecule is CCOC(=O)c1cn(-c2ccc(O)cc2)c2cc([N+]34CCCC3CNCC4)c(F)cc2c1=O. The fraction of sp³-hybridized carbons (Fsp3) is 0.360. The highest BCUT2D eigenvalue weighted by molar-refractivity contribution is 5.95. The molecule has 2 aliphatic rings. The monoisotopic (exact) mass is 452 g/mol. The van der Waals surface area contributed by atoms with Gasteiger partial charge >= 0.3 is 5.97 Å². The number of nitrogens with zero attached hydrogens (tertiary/aromatic N) is 2. The summed E-state index contributed by atoms with van der Waals surface area (Å²) in [5.74, 6) is -1.07. The number of esters is 1. The van der Waals surface area contributed by atoms with Crippen molar-refractivity contribution in [1.29, 1.82) is 0 Å². The number of aromatic hydroxyl groups is 1. The van der Waals surface area contributed by atoms with Crippen molar-refractivity contribution in [2.24, 2.45) is 0 Å². The maximum atomic E-state index is 15.7. The van der Waals surface area contributed by atoms with Gasteiger partial charge in [-0.3, -0.25) is 9.28 Å². The van der Waals surface area contributed by atoms with E-state index in [0.29, 0.717) is 27.4 Å². The number of piperazine rings is 1. The summed E-state index contributed by atoms with van der Waals surface area (Å²) in [5, 5.41) is 13.3. The molecule has 0 aliphatic carbocycles. The van der Waals surface area contributed by atoms with E-state index in [2.05, 4.69) is 5.32 Å². The molecule has 1 aromatic heterocycles. The van der Waals surface area contributed by atoms with E-state index in [1.54, 1.807) is 29.7 Å². The molecular formula is C25H27FN3O4+. The zero-order valence-electron chi connectivity index (χ0n) is 18.5. The lowest BCUT2D eigenvalue weighted by atomic mass is 10.0. The Hall–Kier alpha value is -3.23. The van der Waals surface area contributed by atoms with Gasteiger partial charge in [-0.1, -0.05) is 0 Å². The molecule has 172 valence electrons. The third kappa shape index (κ3) is 3.50. The first-order valence-electron chi connectivity index (χ1n) is 11.4. The third-order valence-corrected chi connectivity index (χ3v) is 7.04. The fourth-order valence-corrected chi connectivity index (χ4v) is 5.45. The van der Waals surface area contributed by atoms with Crippen LogP contribution in [0, 0.1) is 5.82 Å². The normalized spacial score (nSPS) is 22.3. The molecule has 3 aromatic rings. The van der Waals surface area contributed by atoms with E-state index in [4.69, 9.17) is 4.74 Å². The number of halogens is 1. The van der Waals surface area contributed by atoms with Crippen LogP contribution in [0.15, 0.2) is 47.4 Å². The van der Waals surface area contributed by atoms with Gasteiger partial charge < -0.3 is 19.7 Å². The Bertz CT molecular complexity index is 1290. The molecule has 2 aromatic carbocycles. The Morgan fingerprint density at radius 2 is 2.06 bits per heavy atom. The number of hydrogen-bond donors (Lipinski definition) is 2. The first kappa shape index (κ1) is 21.6. The summed E-state index contributed by atoms with van der Waals surface area (Å²) in [6.07, 6.45) is 3.50. The number of carbonyl (C=O) groups excluding carboxylic acids is 1. The number of phenols is 1. The van der Waals surface area contributed by atoms with E-state index in [1.165, 1.54) is 24.4 Å². The van der Waals surface area contributed by atoms with Gasteiger partial charge in [-0.15, -0.1) is 0 Å². The lowest BCUT2D eigenvalue weighted by Gasteiger charge is -2.43. The molecule has 2 N–H and O–H groups in total. The second-order valence-corrected chi connectivity index (χ2v) is 8.78. The standard InChI is InChI=1S/C25H26FN3O4/c1-2-33-25(32)20-15-28(16-5-7-18(30)8-6-16)22-13-23(21(26)12-19(22)24(20)31)29-10-3-4-17(29)14-27-9-11-29/h5-8,12-13,15,17,27H,2-4,9-11,14H2,1H3/p+1. The number of hydrogen-bond acceptors (Lipinski definition) is 5. The van der Waals surface area contributed by atoms with E-state index in [1.807, 2.05) is 0 Å². The number of benzene rings is 2. The molecule has 7 nitrogen and oxygen atoms in total. The van der Waals surface area contributed by atoms with Gasteiger partial charge in [-0.05, 0) is 37.3 Å². The molecule has 0 spiro atoms. The second kappa shape index (κ2) is 8.28. The van der Waals surface area contributed by atoms with Crippen LogP contribution in [0.4, 0.5) is 10.1 Å². The molecule has 2 aliphatic heterocycles. The van der Waals surface area contributed by atoms with Gasteiger partial charge in [0.05, 0.1) is 30.6 Å². The van der Waals surface area contributed by atoms with Crippen molar-refractivity contribution < 1.29 is 19.0 Å². The molecule has 0 bridgehead atoms. The van der Waals surface area contributed by atoms with Crippen molar-refractivity contribution >= 4 is 22.6 Å². The highest BCUT2D eigenvalue weighted by atomic mass is 19.1. The van der Waals surface area contributed by atoms with E-state index < -0.39 is 17.2 Å². The Morgan fingerprint density at radius 1 is 1.27 bits per heavy atom. The number of ether oxygens (including phenoxy) is 1. The maximum absolute atomic E-state index is 15.7. The molecule has 0 amide bonds. The number of quaternary nitrogens is 1. The highest BCUT2D eigenvalue weighted by Gasteiger charge is 2.47. The van der Waals surface area contributed by atoms with Crippen molar-refractivity contribution in [3.05, 3.63) is 64.2 Å². The molecule has 2 fully saturated rings. The topological polar surface area (TPSA) is 80.6 Å². The first-order valence-corrected chi connectivity index (χ1v) is 11.4. The van der Waals surface area contributed by atoms with Crippen molar-refractivity contribution in [3.8, 4) is 11.4 Å². The van der Waals surface area contributed by atoms with E-state index >= 15 is 4.39 Å². The summed E-state index contributed by atoms with van der Waals surface area (Å²) in [7, 11) is 0. The summed E-state index contributed by atoms with van der Waals surface area (Å²) in [6.45, 7) is 5.08. The Balaban J connectivity index is 1.79. The number of carbonyl (C=O) groups is 1. The summed E-state index contributed by atoms with van der Waals surface area (Å²) < 4.78 is 23.0. The maximum Gasteiger partial charge on any atom is 0.343 e. The van der Waals surface area contributed by atoms with Crippen LogP contribution >= 0.6 is 0 Å². The summed E-state index contributed by atoms with van der Waals surface area (Å²) in [4.78, 5) is 25.7. The number of aromatic nitrogens is 1. The average molecular weight is 453 g/mol. The predicted molar refractivity (Wildman–Crippen MR) is 125 cm³/mol. The minimum atomic E-state index is -0.745. The minimum Gasteiger partial charge on any atom is -0.508 e. The quantitative estimate of drug-likeness (QED) is 0.470. The van der Waals surface area contributed by atoms with Crippen molar-refractivity contribution in [3.63, 3.8) is 0 Å². The lowest BCUT2D eigenvalue weighted by Crippen LogP contribution is -2.63. The summed E-state index contributed by atoms with van der Waals surface area (Å²) in [6, 6.07) is 9.78. The number of fused-ring (bicyclic) bond motifs is 2. The Morgan fingerprint density at radius 3 is 2.82 bits per heavy atom. The number of nitrogens with one attached hydrogen (secondary N) is 1. The zero-order valence-corrected chi connectivity index (χ0v) is 18.5. The van der Waals surface area contributed by atoms with E-state index in [-0.39, 0.29) is 23.3 Å². The van der Waals surface area contributed by atoms with Crippen LogP contribution < -0.4 is 15.2 Å². The van der Waals surface area contributed by atoms with Gasteiger partial charge in [0.1, 0.15) is 17.4 Å². The van der Waals surface area contributed by atoms with Crippen molar-refractivity contribution in [2.75, 3.05) is 32.8 Å². The van der Waals surface area contributed by atoms with Crippen LogP contribution in [0.3, 0.4) is 0 Å². The van der Waals surface area contributed by atoms with E-state index in [0.717, 1.165) is 39.0 Å². The first-order chi connectivity index (χ1) is 15.9. The van der Waals surface area contributed by atoms with E-state index in [9.17, 15) is 14.7 Å². The Kier molecular flexibility index (Phi) is 5.42. The molecule has 33 heavy (non-hydrogen) atoms. The zero-order chi connectivity index (χ0) is 23.2. The predicted octanol–water partition coefficient (Wildman–Crippen LogP) is 3.09. The van der Waals surface area contributed by atoms with Crippen LogP contribution in [0.2, 0.25) is 0 Å². The smallest absolute Gasteiger partial charge is 0.343 e. The van der Waals surface area contributed by atoms with Crippen LogP contribution in [-0.2, 0) is 4.74 Å². The van der Waals surface area contributed by atoms with Crippen LogP contribution in [-0.4, -0.2) is 54.5 Å². The van der Waals surface area contributed by atoms with Gasteiger partial charge in [0.15, 0.2) is 11.5 Å². The van der Waals surface area contributed by atoms with Crippen LogP contribution in [0.25, 0.3) is 16.6 Å². The molecule has 2 unspecified atom stereocenters. The average Bonchev–Trinajstić information content (AvgIpc) is 3.25. The van der Waals surface area contributed by atoms with Gasteiger partial charge in [-0.2, -0.15) is 0 Å². The summed E-state index contributed by atoms with van der Waals surface area (Å²) >= 11 is 0. The lowest BCUT2D eigenvalue weighted by molar-refractivity contribution is 0.0524. The largest absolute Gasteiger partial charge is 0.508 e. The molecule has 2 atom stereocenters. The number of pyridine rings is 1. The third-order valence-electron chi connectivity index (χ3n) is 7.04. The second-order valence-electron chi connectivity index (χ2n) is 8.78. The van der Waals surface area contributed by atoms with Crippen LogP contribution in [0.5, 0.6) is 5.75 Å². The van der Waals surface area contributed by atoms with Gasteiger partial charge in [0, 0.05) is 43.9 Å². The fourth-order valence-electron chi connectivity index (χ4n) is 5.45. The molecule has 5 rings (SSSR count). The molecule has 8 heteroatoms. The molecule has 0 radical (unpaired) electrons. The number of rotatable bonds is 4.